The van der Waals surface area contributed by atoms with E-state index < -0.39 is 5.97 Å². The molecule has 4 rings (SSSR count). The average molecular weight is 471 g/mol. The van der Waals surface area contributed by atoms with Gasteiger partial charge in [0.1, 0.15) is 18.1 Å². The van der Waals surface area contributed by atoms with Crippen molar-refractivity contribution in [1.29, 1.82) is 0 Å². The van der Waals surface area contributed by atoms with Gasteiger partial charge in [-0.3, -0.25) is 0 Å². The maximum Gasteiger partial charge on any atom is 0.341 e. The quantitative estimate of drug-likeness (QED) is 0.286. The Balaban J connectivity index is 1.52. The van der Waals surface area contributed by atoms with Gasteiger partial charge in [-0.1, -0.05) is 54.6 Å². The molecule has 1 heterocycles. The van der Waals surface area contributed by atoms with Crippen molar-refractivity contribution in [2.75, 3.05) is 13.2 Å². The van der Waals surface area contributed by atoms with E-state index >= 15 is 0 Å². The van der Waals surface area contributed by atoms with Crippen molar-refractivity contribution in [1.82, 2.24) is 0 Å². The van der Waals surface area contributed by atoms with E-state index in [1.807, 2.05) is 31.2 Å². The smallest absolute Gasteiger partial charge is 0.341 e. The first kappa shape index (κ1) is 23.3. The van der Waals surface area contributed by atoms with Crippen LogP contribution in [0.15, 0.2) is 91.0 Å². The topological polar surface area (TPSA) is 55.8 Å². The van der Waals surface area contributed by atoms with Crippen molar-refractivity contribution in [3.8, 4) is 21.9 Å². The zero-order valence-electron chi connectivity index (χ0n) is 19.2. The minimum Gasteiger partial charge on any atom is -0.489 e. The van der Waals surface area contributed by atoms with Crippen LogP contribution in [-0.2, 0) is 4.79 Å². The Morgan fingerprint density at radius 2 is 1.62 bits per heavy atom. The Morgan fingerprint density at radius 3 is 2.26 bits per heavy atom. The molecule has 0 spiro atoms. The van der Waals surface area contributed by atoms with Crippen LogP contribution in [0.1, 0.15) is 21.6 Å². The van der Waals surface area contributed by atoms with Gasteiger partial charge in [-0.25, -0.2) is 4.79 Å². The SMILES string of the molecule is Cc1ccc(-c2ccc(/C(=C/COc3ccc(OCC(=O)O)c(C)c3)c3ccccc3)cc2)s1. The number of aryl methyl sites for hydroxylation is 2. The molecule has 0 unspecified atom stereocenters. The molecule has 0 aliphatic rings. The monoisotopic (exact) mass is 470 g/mol. The summed E-state index contributed by atoms with van der Waals surface area (Å²) < 4.78 is 11.3. The largest absolute Gasteiger partial charge is 0.489 e. The number of hydrogen-bond donors (Lipinski definition) is 1. The van der Waals surface area contributed by atoms with Gasteiger partial charge in [0.2, 0.25) is 0 Å². The van der Waals surface area contributed by atoms with Crippen molar-refractivity contribution >= 4 is 22.9 Å². The predicted octanol–water partition coefficient (Wildman–Crippen LogP) is 7.01. The van der Waals surface area contributed by atoms with Gasteiger partial charge in [0, 0.05) is 9.75 Å². The second kappa shape index (κ2) is 10.9. The van der Waals surface area contributed by atoms with Crippen LogP contribution in [-0.4, -0.2) is 24.3 Å². The summed E-state index contributed by atoms with van der Waals surface area (Å²) in [5, 5.41) is 8.79. The van der Waals surface area contributed by atoms with Crippen molar-refractivity contribution < 1.29 is 19.4 Å². The first-order valence-electron chi connectivity index (χ1n) is 11.0. The fourth-order valence-corrected chi connectivity index (χ4v) is 4.53. The van der Waals surface area contributed by atoms with Gasteiger partial charge in [0.15, 0.2) is 6.61 Å². The summed E-state index contributed by atoms with van der Waals surface area (Å²) in [5.74, 6) is 0.236. The molecule has 0 bridgehead atoms. The summed E-state index contributed by atoms with van der Waals surface area (Å²) in [5.41, 5.74) is 5.39. The van der Waals surface area contributed by atoms with E-state index in [0.717, 1.165) is 22.3 Å². The van der Waals surface area contributed by atoms with Crippen LogP contribution in [0.3, 0.4) is 0 Å². The summed E-state index contributed by atoms with van der Waals surface area (Å²) >= 11 is 1.80. The predicted molar refractivity (Wildman–Crippen MR) is 138 cm³/mol. The standard InChI is InChI=1S/C29H26O4S/c1-20-18-25(13-14-27(20)33-19-29(30)31)32-17-16-26(22-6-4-3-5-7-22)23-9-11-24(12-10-23)28-15-8-21(2)34-28/h3-16,18H,17,19H2,1-2H3,(H,30,31)/b26-16+. The minimum atomic E-state index is -1.00. The fourth-order valence-electron chi connectivity index (χ4n) is 3.66. The lowest BCUT2D eigenvalue weighted by atomic mass is 9.96. The van der Waals surface area contributed by atoms with E-state index in [2.05, 4.69) is 61.5 Å². The van der Waals surface area contributed by atoms with Gasteiger partial charge in [-0.15, -0.1) is 11.3 Å². The Bertz CT molecular complexity index is 1290. The van der Waals surface area contributed by atoms with Crippen LogP contribution in [0.2, 0.25) is 0 Å². The van der Waals surface area contributed by atoms with Gasteiger partial charge < -0.3 is 14.6 Å². The molecule has 0 aliphatic heterocycles. The number of ether oxygens (including phenoxy) is 2. The lowest BCUT2D eigenvalue weighted by molar-refractivity contribution is -0.139. The maximum absolute atomic E-state index is 10.7. The molecule has 0 amide bonds. The molecule has 0 fully saturated rings. The van der Waals surface area contributed by atoms with E-state index in [-0.39, 0.29) is 6.61 Å². The van der Waals surface area contributed by atoms with Crippen molar-refractivity contribution in [2.45, 2.75) is 13.8 Å². The summed E-state index contributed by atoms with van der Waals surface area (Å²) in [7, 11) is 0. The Kier molecular flexibility index (Phi) is 7.45. The van der Waals surface area contributed by atoms with Crippen molar-refractivity contribution in [2.24, 2.45) is 0 Å². The second-order valence-corrected chi connectivity index (χ2v) is 9.18. The third-order valence-electron chi connectivity index (χ3n) is 5.34. The molecular formula is C29H26O4S. The molecule has 3 aromatic carbocycles. The molecule has 0 saturated heterocycles. The van der Waals surface area contributed by atoms with Gasteiger partial charge >= 0.3 is 5.97 Å². The third-order valence-corrected chi connectivity index (χ3v) is 6.39. The fraction of sp³-hybridized carbons (Fsp3) is 0.138. The van der Waals surface area contributed by atoms with Crippen molar-refractivity contribution in [3.63, 3.8) is 0 Å². The lowest BCUT2D eigenvalue weighted by Gasteiger charge is -2.12. The minimum absolute atomic E-state index is 0.366. The molecule has 1 N–H and O–H groups in total. The van der Waals surface area contributed by atoms with Gasteiger partial charge in [0.05, 0.1) is 0 Å². The van der Waals surface area contributed by atoms with Gasteiger partial charge in [-0.05, 0) is 78.1 Å². The highest BCUT2D eigenvalue weighted by atomic mass is 32.1. The van der Waals surface area contributed by atoms with E-state index in [0.29, 0.717) is 18.1 Å². The number of carboxylic acid groups (broad SMARTS) is 1. The molecule has 0 saturated carbocycles. The van der Waals surface area contributed by atoms with E-state index in [1.54, 1.807) is 23.5 Å². The number of carbonyl (C=O) groups is 1. The normalized spacial score (nSPS) is 11.3. The highest BCUT2D eigenvalue weighted by molar-refractivity contribution is 7.15. The zero-order valence-corrected chi connectivity index (χ0v) is 20.0. The Morgan fingerprint density at radius 1 is 0.882 bits per heavy atom. The first-order valence-corrected chi connectivity index (χ1v) is 11.8. The molecule has 4 nitrogen and oxygen atoms in total. The average Bonchev–Trinajstić information content (AvgIpc) is 3.28. The number of hydrogen-bond acceptors (Lipinski definition) is 4. The molecule has 5 heteroatoms. The van der Waals surface area contributed by atoms with Crippen LogP contribution in [0.25, 0.3) is 16.0 Å². The summed E-state index contributed by atoms with van der Waals surface area (Å²) in [4.78, 5) is 13.3. The highest BCUT2D eigenvalue weighted by Crippen LogP contribution is 2.30. The lowest BCUT2D eigenvalue weighted by Crippen LogP contribution is -2.10. The molecule has 1 aromatic heterocycles. The number of benzene rings is 3. The molecule has 172 valence electrons. The molecule has 0 atom stereocenters. The number of thiophene rings is 1. The van der Waals surface area contributed by atoms with Gasteiger partial charge in [0.25, 0.3) is 0 Å². The molecule has 0 radical (unpaired) electrons. The number of carboxylic acids is 1. The first-order chi connectivity index (χ1) is 16.5. The van der Waals surface area contributed by atoms with Crippen LogP contribution in [0.5, 0.6) is 11.5 Å². The summed E-state index contributed by atoms with van der Waals surface area (Å²) in [6, 6.07) is 28.6. The second-order valence-electron chi connectivity index (χ2n) is 7.89. The Labute approximate surface area is 203 Å². The van der Waals surface area contributed by atoms with Crippen LogP contribution in [0.4, 0.5) is 0 Å². The molecular weight excluding hydrogens is 444 g/mol. The third kappa shape index (κ3) is 5.94. The highest BCUT2D eigenvalue weighted by Gasteiger charge is 2.08. The van der Waals surface area contributed by atoms with Gasteiger partial charge in [-0.2, -0.15) is 0 Å². The van der Waals surface area contributed by atoms with Crippen LogP contribution < -0.4 is 9.47 Å². The molecule has 4 aromatic rings. The zero-order chi connectivity index (χ0) is 23.9. The van der Waals surface area contributed by atoms with E-state index in [1.165, 1.54) is 15.3 Å². The van der Waals surface area contributed by atoms with Crippen LogP contribution in [0, 0.1) is 13.8 Å². The van der Waals surface area contributed by atoms with Crippen LogP contribution >= 0.6 is 11.3 Å². The number of aliphatic carboxylic acids is 1. The maximum atomic E-state index is 10.7. The summed E-state index contributed by atoms with van der Waals surface area (Å²) in [6.07, 6.45) is 2.09. The number of rotatable bonds is 9. The molecule has 0 aliphatic carbocycles. The molecule has 34 heavy (non-hydrogen) atoms. The van der Waals surface area contributed by atoms with Crippen molar-refractivity contribution in [3.05, 3.63) is 113 Å². The Hall–Kier alpha value is -3.83. The summed E-state index contributed by atoms with van der Waals surface area (Å²) in [6.45, 7) is 4.02. The van der Waals surface area contributed by atoms with E-state index in [4.69, 9.17) is 14.6 Å². The van der Waals surface area contributed by atoms with E-state index in [9.17, 15) is 4.79 Å².